The van der Waals surface area contributed by atoms with Crippen LogP contribution in [0.2, 0.25) is 0 Å². The molecule has 4 aliphatic carbocycles. The first-order chi connectivity index (χ1) is 7.88. The van der Waals surface area contributed by atoms with E-state index in [4.69, 9.17) is 0 Å². The normalized spacial score (nSPS) is 52.2. The lowest BCUT2D eigenvalue weighted by Gasteiger charge is -2.36. The maximum absolute atomic E-state index is 2.61. The molecule has 3 saturated carbocycles. The van der Waals surface area contributed by atoms with Gasteiger partial charge in [0.1, 0.15) is 0 Å². The van der Waals surface area contributed by atoms with Crippen LogP contribution in [0.5, 0.6) is 0 Å². The van der Waals surface area contributed by atoms with Crippen molar-refractivity contribution < 1.29 is 0 Å². The number of hydrogen-bond acceptors (Lipinski definition) is 0. The van der Waals surface area contributed by atoms with Crippen molar-refractivity contribution >= 4 is 0 Å². The van der Waals surface area contributed by atoms with Crippen molar-refractivity contribution in [1.82, 2.24) is 0 Å². The lowest BCUT2D eigenvalue weighted by atomic mass is 9.69. The highest BCUT2D eigenvalue weighted by Crippen LogP contribution is 2.67. The summed E-state index contributed by atoms with van der Waals surface area (Å²) in [6.45, 7) is 2.34. The minimum atomic E-state index is 1.08. The Labute approximate surface area is 99.5 Å². The molecule has 4 rings (SSSR count). The van der Waals surface area contributed by atoms with Crippen LogP contribution in [0.25, 0.3) is 0 Å². The van der Waals surface area contributed by atoms with Crippen LogP contribution >= 0.6 is 0 Å². The molecule has 3 fully saturated rings. The molecular weight excluding hydrogens is 192 g/mol. The lowest BCUT2D eigenvalue weighted by molar-refractivity contribution is 0.159. The molecule has 0 aliphatic heterocycles. The van der Waals surface area contributed by atoms with Gasteiger partial charge in [-0.25, -0.2) is 0 Å². The molecule has 0 aromatic carbocycles. The largest absolute Gasteiger partial charge is 0.0847 e. The van der Waals surface area contributed by atoms with Gasteiger partial charge in [0.2, 0.25) is 0 Å². The molecular formula is C16H24. The van der Waals surface area contributed by atoms with Crippen LogP contribution in [0.3, 0.4) is 0 Å². The minimum Gasteiger partial charge on any atom is -0.0847 e. The smallest absolute Gasteiger partial charge is 0.0138 e. The Balaban J connectivity index is 1.56. The summed E-state index contributed by atoms with van der Waals surface area (Å²) in [5.41, 5.74) is 1.91. The van der Waals surface area contributed by atoms with Crippen LogP contribution in [-0.2, 0) is 0 Å². The van der Waals surface area contributed by atoms with Gasteiger partial charge in [0.05, 0.1) is 0 Å². The second-order valence-electron chi connectivity index (χ2n) is 6.88. The fourth-order valence-electron chi connectivity index (χ4n) is 5.87. The van der Waals surface area contributed by atoms with Gasteiger partial charge in [0, 0.05) is 0 Å². The molecule has 16 heavy (non-hydrogen) atoms. The van der Waals surface area contributed by atoms with E-state index in [1.165, 1.54) is 25.7 Å². The van der Waals surface area contributed by atoms with Crippen molar-refractivity contribution in [3.05, 3.63) is 11.6 Å². The highest BCUT2D eigenvalue weighted by atomic mass is 14.6. The maximum Gasteiger partial charge on any atom is -0.0138 e. The highest BCUT2D eigenvalue weighted by Gasteiger charge is 2.59. The van der Waals surface area contributed by atoms with E-state index in [-0.39, 0.29) is 0 Å². The van der Waals surface area contributed by atoms with Gasteiger partial charge in [-0.3, -0.25) is 0 Å². The van der Waals surface area contributed by atoms with E-state index in [1.807, 2.05) is 5.57 Å². The SMILES string of the molecule is CCCCC1CC2CC1C1C3=CCC(C3)C21. The predicted octanol–water partition coefficient (Wildman–Crippen LogP) is 4.42. The third-order valence-electron chi connectivity index (χ3n) is 6.29. The van der Waals surface area contributed by atoms with Crippen LogP contribution in [0.4, 0.5) is 0 Å². The molecule has 0 nitrogen and oxygen atoms in total. The summed E-state index contributed by atoms with van der Waals surface area (Å²) in [5.74, 6) is 6.72. The van der Waals surface area contributed by atoms with Crippen LogP contribution in [0.15, 0.2) is 11.6 Å². The Morgan fingerprint density at radius 2 is 2.19 bits per heavy atom. The second-order valence-corrected chi connectivity index (χ2v) is 6.88. The molecule has 0 spiro atoms. The van der Waals surface area contributed by atoms with Crippen LogP contribution < -0.4 is 0 Å². The summed E-state index contributed by atoms with van der Waals surface area (Å²) in [7, 11) is 0. The topological polar surface area (TPSA) is 0 Å². The summed E-state index contributed by atoms with van der Waals surface area (Å²) >= 11 is 0. The second kappa shape index (κ2) is 3.37. The van der Waals surface area contributed by atoms with E-state index >= 15 is 0 Å². The van der Waals surface area contributed by atoms with Crippen LogP contribution in [0, 0.1) is 35.5 Å². The van der Waals surface area contributed by atoms with Gasteiger partial charge in [-0.2, -0.15) is 0 Å². The van der Waals surface area contributed by atoms with Gasteiger partial charge in [-0.1, -0.05) is 37.8 Å². The Bertz CT molecular complexity index is 327. The monoisotopic (exact) mass is 216 g/mol. The fraction of sp³-hybridized carbons (Fsp3) is 0.875. The van der Waals surface area contributed by atoms with Crippen molar-refractivity contribution in [2.24, 2.45) is 35.5 Å². The van der Waals surface area contributed by atoms with E-state index < -0.39 is 0 Å². The Morgan fingerprint density at radius 1 is 1.25 bits per heavy atom. The zero-order valence-electron chi connectivity index (χ0n) is 10.5. The van der Waals surface area contributed by atoms with Crippen LogP contribution in [-0.4, -0.2) is 0 Å². The van der Waals surface area contributed by atoms with Crippen molar-refractivity contribution in [2.45, 2.75) is 51.9 Å². The van der Waals surface area contributed by atoms with Crippen LogP contribution in [0.1, 0.15) is 51.9 Å². The van der Waals surface area contributed by atoms with Crippen molar-refractivity contribution in [2.75, 3.05) is 0 Å². The average molecular weight is 216 g/mol. The van der Waals surface area contributed by atoms with Gasteiger partial charge >= 0.3 is 0 Å². The van der Waals surface area contributed by atoms with Crippen molar-refractivity contribution in [3.63, 3.8) is 0 Å². The highest BCUT2D eigenvalue weighted by molar-refractivity contribution is 5.28. The zero-order chi connectivity index (χ0) is 10.7. The van der Waals surface area contributed by atoms with Gasteiger partial charge in [-0.05, 0) is 61.2 Å². The summed E-state index contributed by atoms with van der Waals surface area (Å²) in [5, 5.41) is 0. The Kier molecular flexibility index (Phi) is 2.05. The number of allylic oxidation sites excluding steroid dienone is 2. The van der Waals surface area contributed by atoms with Gasteiger partial charge < -0.3 is 0 Å². The Hall–Kier alpha value is -0.260. The first-order valence-corrected chi connectivity index (χ1v) is 7.57. The summed E-state index contributed by atoms with van der Waals surface area (Å²) in [4.78, 5) is 0. The van der Waals surface area contributed by atoms with Gasteiger partial charge in [-0.15, -0.1) is 0 Å². The van der Waals surface area contributed by atoms with Gasteiger partial charge in [0.25, 0.3) is 0 Å². The first-order valence-electron chi connectivity index (χ1n) is 7.57. The summed E-state index contributed by atoms with van der Waals surface area (Å²) in [6.07, 6.45) is 13.2. The molecule has 0 N–H and O–H groups in total. The molecule has 0 heterocycles. The minimum absolute atomic E-state index is 1.08. The first kappa shape index (κ1) is 9.74. The molecule has 6 atom stereocenters. The summed E-state index contributed by atoms with van der Waals surface area (Å²) < 4.78 is 0. The number of hydrogen-bond donors (Lipinski definition) is 0. The lowest BCUT2D eigenvalue weighted by Crippen LogP contribution is -2.29. The molecule has 4 bridgehead atoms. The molecule has 0 radical (unpaired) electrons. The number of fused-ring (bicyclic) bond motifs is 9. The molecule has 4 aliphatic rings. The van der Waals surface area contributed by atoms with E-state index in [2.05, 4.69) is 13.0 Å². The molecule has 0 saturated heterocycles. The third-order valence-corrected chi connectivity index (χ3v) is 6.29. The molecule has 0 aromatic rings. The molecule has 0 heteroatoms. The maximum atomic E-state index is 2.61. The quantitative estimate of drug-likeness (QED) is 0.484. The van der Waals surface area contributed by atoms with E-state index in [0.29, 0.717) is 0 Å². The Morgan fingerprint density at radius 3 is 3.06 bits per heavy atom. The standard InChI is InChI=1S/C16H24/c1-2-3-4-10-7-13-9-14(10)16-12-6-5-11(8-12)15(13)16/h6,10-11,13-16H,2-5,7-9H2,1H3. The molecule has 0 aromatic heterocycles. The third kappa shape index (κ3) is 1.11. The van der Waals surface area contributed by atoms with Crippen molar-refractivity contribution in [1.29, 1.82) is 0 Å². The van der Waals surface area contributed by atoms with E-state index in [9.17, 15) is 0 Å². The number of unbranched alkanes of at least 4 members (excludes halogenated alkanes) is 1. The predicted molar refractivity (Wildman–Crippen MR) is 67.0 cm³/mol. The van der Waals surface area contributed by atoms with E-state index in [0.717, 1.165) is 35.5 Å². The molecule has 0 amide bonds. The fourth-order valence-corrected chi connectivity index (χ4v) is 5.87. The summed E-state index contributed by atoms with van der Waals surface area (Å²) in [6, 6.07) is 0. The van der Waals surface area contributed by atoms with Crippen molar-refractivity contribution in [3.8, 4) is 0 Å². The van der Waals surface area contributed by atoms with Gasteiger partial charge in [0.15, 0.2) is 0 Å². The van der Waals surface area contributed by atoms with E-state index in [1.54, 1.807) is 19.3 Å². The number of rotatable bonds is 3. The zero-order valence-corrected chi connectivity index (χ0v) is 10.5. The molecule has 88 valence electrons. The molecule has 6 unspecified atom stereocenters. The average Bonchev–Trinajstić information content (AvgIpc) is 3.02.